The second-order valence-corrected chi connectivity index (χ2v) is 16.5. The number of hydrogen-bond acceptors (Lipinski definition) is 10. The van der Waals surface area contributed by atoms with Gasteiger partial charge < -0.3 is 20.8 Å². The maximum absolute atomic E-state index is 10.2. The van der Waals surface area contributed by atoms with Crippen molar-refractivity contribution in [3.63, 3.8) is 0 Å². The molecule has 4 N–H and O–H groups in total. The number of anilines is 3. The van der Waals surface area contributed by atoms with Crippen molar-refractivity contribution in [3.05, 3.63) is 104 Å². The van der Waals surface area contributed by atoms with Crippen LogP contribution in [0, 0.1) is 18.3 Å². The number of halogens is 2. The van der Waals surface area contributed by atoms with Crippen molar-refractivity contribution in [1.29, 1.82) is 5.26 Å². The van der Waals surface area contributed by atoms with Crippen LogP contribution in [-0.2, 0) is 17.7 Å². The molecule has 53 heavy (non-hydrogen) atoms. The van der Waals surface area contributed by atoms with Gasteiger partial charge >= 0.3 is 0 Å². The molecule has 8 rings (SSSR count). The molecule has 3 aromatic carbocycles. The van der Waals surface area contributed by atoms with Gasteiger partial charge in [-0.2, -0.15) is 5.26 Å². The Hall–Kier alpha value is -4.08. The maximum atomic E-state index is 10.2. The Balaban J connectivity index is 1.16. The Bertz CT molecular complexity index is 2100. The van der Waals surface area contributed by atoms with Crippen LogP contribution in [0.3, 0.4) is 0 Å². The molecule has 4 aliphatic heterocycles. The average Bonchev–Trinajstić information content (AvgIpc) is 3.61. The Morgan fingerprint density at radius 1 is 1.00 bits per heavy atom. The molecule has 12 heteroatoms. The molecule has 5 heterocycles. The molecule has 0 aliphatic carbocycles. The predicted molar refractivity (Wildman–Crippen MR) is 213 cm³/mol. The van der Waals surface area contributed by atoms with Crippen LogP contribution in [0.1, 0.15) is 67.5 Å². The number of piperidine rings is 1. The number of nitrogens with zero attached hydrogens (tertiary/aromatic N) is 5. The van der Waals surface area contributed by atoms with E-state index in [1.807, 2.05) is 37.3 Å². The summed E-state index contributed by atoms with van der Waals surface area (Å²) in [5.41, 5.74) is 16.4. The molecule has 1 atom stereocenters. The summed E-state index contributed by atoms with van der Waals surface area (Å²) in [6.07, 6.45) is 6.91. The number of hydrazine groups is 2. The number of likely N-dealkylation sites (tertiary alicyclic amines) is 1. The van der Waals surface area contributed by atoms with E-state index in [0.717, 1.165) is 86.7 Å². The van der Waals surface area contributed by atoms with Crippen molar-refractivity contribution in [2.75, 3.05) is 43.5 Å². The van der Waals surface area contributed by atoms with Crippen molar-refractivity contribution in [2.24, 2.45) is 0 Å². The lowest BCUT2D eigenvalue weighted by atomic mass is 9.89. The average molecular weight is 753 g/mol. The Kier molecular flexibility index (Phi) is 9.92. The zero-order chi connectivity index (χ0) is 36.9. The van der Waals surface area contributed by atoms with Gasteiger partial charge in [0.05, 0.1) is 52.8 Å². The van der Waals surface area contributed by atoms with Crippen molar-refractivity contribution in [3.8, 4) is 6.07 Å². The summed E-state index contributed by atoms with van der Waals surface area (Å²) in [5, 5.41) is 21.6. The first-order valence-electron chi connectivity index (χ1n) is 18.6. The van der Waals surface area contributed by atoms with E-state index in [-0.39, 0.29) is 11.6 Å². The summed E-state index contributed by atoms with van der Waals surface area (Å²) in [5.74, 6) is 0. The van der Waals surface area contributed by atoms with Gasteiger partial charge in [-0.05, 0) is 93.5 Å². The monoisotopic (exact) mass is 751 g/mol. The van der Waals surface area contributed by atoms with E-state index in [4.69, 9.17) is 27.9 Å². The van der Waals surface area contributed by atoms with E-state index in [1.165, 1.54) is 16.7 Å². The fourth-order valence-electron chi connectivity index (χ4n) is 8.05. The van der Waals surface area contributed by atoms with Crippen molar-refractivity contribution in [2.45, 2.75) is 77.2 Å². The first kappa shape index (κ1) is 35.9. The number of rotatable bonds is 8. The molecule has 0 bridgehead atoms. The van der Waals surface area contributed by atoms with Gasteiger partial charge in [0, 0.05) is 71.9 Å². The third-order valence-electron chi connectivity index (χ3n) is 11.3. The first-order chi connectivity index (χ1) is 25.6. The van der Waals surface area contributed by atoms with Crippen LogP contribution in [-0.4, -0.2) is 70.3 Å². The molecule has 0 spiro atoms. The molecule has 2 fully saturated rings. The van der Waals surface area contributed by atoms with Crippen LogP contribution >= 0.6 is 23.2 Å². The highest BCUT2D eigenvalue weighted by Gasteiger charge is 2.34. The lowest BCUT2D eigenvalue weighted by Gasteiger charge is -2.42. The number of ether oxygens (including phenoxy) is 1. The summed E-state index contributed by atoms with van der Waals surface area (Å²) in [6.45, 7) is 14.5. The van der Waals surface area contributed by atoms with Crippen molar-refractivity contribution >= 4 is 51.2 Å². The predicted octanol–water partition coefficient (Wildman–Crippen LogP) is 7.80. The second kappa shape index (κ2) is 14.6. The van der Waals surface area contributed by atoms with E-state index < -0.39 is 0 Å². The zero-order valence-electron chi connectivity index (χ0n) is 30.8. The Morgan fingerprint density at radius 3 is 2.51 bits per heavy atom. The third-order valence-corrected chi connectivity index (χ3v) is 12.0. The molecule has 10 nitrogen and oxygen atoms in total. The number of fused-ring (bicyclic) bond motifs is 2. The lowest BCUT2D eigenvalue weighted by molar-refractivity contribution is -0.0695. The lowest BCUT2D eigenvalue weighted by Crippen LogP contribution is -2.52. The summed E-state index contributed by atoms with van der Waals surface area (Å²) in [6, 6.07) is 19.4. The molecular formula is C41H47Cl2N9O. The van der Waals surface area contributed by atoms with Crippen LogP contribution < -0.4 is 21.6 Å². The van der Waals surface area contributed by atoms with Gasteiger partial charge in [0.1, 0.15) is 6.07 Å². The largest absolute Gasteiger partial charge is 0.378 e. The minimum atomic E-state index is -0.219. The molecule has 1 aromatic heterocycles. The number of aromatic nitrogens is 1. The molecule has 4 aromatic rings. The van der Waals surface area contributed by atoms with Crippen LogP contribution in [0.2, 0.25) is 10.0 Å². The summed E-state index contributed by atoms with van der Waals surface area (Å²) >= 11 is 13.5. The highest BCUT2D eigenvalue weighted by atomic mass is 35.5. The van der Waals surface area contributed by atoms with E-state index in [9.17, 15) is 5.26 Å². The van der Waals surface area contributed by atoms with Crippen LogP contribution in [0.4, 0.5) is 17.1 Å². The minimum absolute atomic E-state index is 0.165. The van der Waals surface area contributed by atoms with Gasteiger partial charge in [-0.15, -0.1) is 5.53 Å². The van der Waals surface area contributed by atoms with Crippen LogP contribution in [0.25, 0.3) is 10.9 Å². The molecule has 0 radical (unpaired) electrons. The highest BCUT2D eigenvalue weighted by molar-refractivity contribution is 6.36. The van der Waals surface area contributed by atoms with E-state index in [0.29, 0.717) is 38.9 Å². The van der Waals surface area contributed by atoms with Crippen molar-refractivity contribution < 1.29 is 4.74 Å². The number of nitrogens with one attached hydrogen (secondary N) is 4. The minimum Gasteiger partial charge on any atom is -0.378 e. The van der Waals surface area contributed by atoms with E-state index in [2.05, 4.69) is 92.6 Å². The van der Waals surface area contributed by atoms with Gasteiger partial charge in [-0.3, -0.25) is 19.8 Å². The molecule has 0 unspecified atom stereocenters. The molecule has 0 saturated carbocycles. The summed E-state index contributed by atoms with van der Waals surface area (Å²) < 4.78 is 5.54. The van der Waals surface area contributed by atoms with Gasteiger partial charge in [-0.25, -0.2) is 0 Å². The van der Waals surface area contributed by atoms with Gasteiger partial charge in [0.2, 0.25) is 0 Å². The van der Waals surface area contributed by atoms with E-state index >= 15 is 0 Å². The molecule has 4 aliphatic rings. The number of aryl methyl sites for hydroxylation is 1. The van der Waals surface area contributed by atoms with Gasteiger partial charge in [0.15, 0.2) is 0 Å². The SMILES string of the molecule is Cc1ccc(Nc2c(C#N)cnc3c(Cl)cc(N[C@H](C4=CN(C5CCN(C(C)(C)C)CC5)NN4)c4cccc5c4CCN(C4COC4)C5)cc23)cc1Cl. The van der Waals surface area contributed by atoms with Gasteiger partial charge in [0.25, 0.3) is 0 Å². The molecule has 2 saturated heterocycles. The normalized spacial score (nSPS) is 19.3. The first-order valence-corrected chi connectivity index (χ1v) is 19.3. The summed E-state index contributed by atoms with van der Waals surface area (Å²) in [4.78, 5) is 9.73. The molecular weight excluding hydrogens is 705 g/mol. The molecule has 0 amide bonds. The van der Waals surface area contributed by atoms with Crippen molar-refractivity contribution in [1.82, 2.24) is 30.8 Å². The number of pyridine rings is 1. The fraction of sp³-hybridized carbons (Fsp3) is 0.415. The van der Waals surface area contributed by atoms with Crippen LogP contribution in [0.5, 0.6) is 0 Å². The number of nitriles is 1. The number of hydrogen-bond donors (Lipinski definition) is 4. The second-order valence-electron chi connectivity index (χ2n) is 15.7. The molecule has 276 valence electrons. The standard InChI is InChI=1S/C41H47Cl2N9O/c1-25-8-9-28(17-35(25)42)46-38-27(19-44)20-45-39-34(38)16-29(18-36(39)43)47-40(33-7-5-6-26-21-50(13-12-32(26)33)31-23-53-24-31)37-22-52(49-48-37)30-10-14-51(15-11-30)41(2,3)4/h5-9,16-18,20,22,30-31,40,47-49H,10-15,21,23-24H2,1-4H3,(H,45,46)/t40-/m0/s1. The quantitative estimate of drug-likeness (QED) is 0.143. The Labute approximate surface area is 322 Å². The third kappa shape index (κ3) is 7.27. The summed E-state index contributed by atoms with van der Waals surface area (Å²) in [7, 11) is 0. The number of benzene rings is 3. The fourth-order valence-corrected chi connectivity index (χ4v) is 8.49. The highest BCUT2D eigenvalue weighted by Crippen LogP contribution is 2.39. The van der Waals surface area contributed by atoms with Gasteiger partial charge in [-0.1, -0.05) is 47.5 Å². The smallest absolute Gasteiger partial charge is 0.103 e. The van der Waals surface area contributed by atoms with E-state index in [1.54, 1.807) is 6.20 Å². The maximum Gasteiger partial charge on any atom is 0.103 e. The Morgan fingerprint density at radius 2 is 1.79 bits per heavy atom. The van der Waals surface area contributed by atoms with Crippen LogP contribution in [0.15, 0.2) is 66.6 Å². The zero-order valence-corrected chi connectivity index (χ0v) is 32.3. The topological polar surface area (TPSA) is 104 Å².